The van der Waals surface area contributed by atoms with E-state index in [4.69, 9.17) is 4.74 Å². The van der Waals surface area contributed by atoms with Gasteiger partial charge in [-0.25, -0.2) is 9.97 Å². The second kappa shape index (κ2) is 4.70. The van der Waals surface area contributed by atoms with Gasteiger partial charge in [0.15, 0.2) is 0 Å². The molecule has 4 rings (SSSR count). The predicted octanol–water partition coefficient (Wildman–Crippen LogP) is 2.47. The Morgan fingerprint density at radius 1 is 1.09 bits per heavy atom. The van der Waals surface area contributed by atoms with Crippen LogP contribution in [-0.2, 0) is 0 Å². The first-order chi connectivity index (χ1) is 10.7. The van der Waals surface area contributed by atoms with Crippen molar-refractivity contribution in [2.75, 3.05) is 7.11 Å². The predicted molar refractivity (Wildman–Crippen MR) is 84.0 cm³/mol. The van der Waals surface area contributed by atoms with Crippen LogP contribution in [0.15, 0.2) is 47.5 Å². The van der Waals surface area contributed by atoms with Gasteiger partial charge in [0, 0.05) is 5.56 Å². The molecular formula is C16H12N4O2. The second-order valence-electron chi connectivity index (χ2n) is 4.93. The molecule has 4 aromatic rings. The number of nitrogens with one attached hydrogen (secondary N) is 2. The van der Waals surface area contributed by atoms with Crippen LogP contribution >= 0.6 is 0 Å². The van der Waals surface area contributed by atoms with E-state index in [9.17, 15) is 4.79 Å². The summed E-state index contributed by atoms with van der Waals surface area (Å²) in [7, 11) is 1.63. The van der Waals surface area contributed by atoms with Crippen molar-refractivity contribution in [3.63, 3.8) is 0 Å². The smallest absolute Gasteiger partial charge is 0.258 e. The van der Waals surface area contributed by atoms with E-state index in [1.54, 1.807) is 13.2 Å². The molecule has 0 atom stereocenters. The van der Waals surface area contributed by atoms with Gasteiger partial charge >= 0.3 is 0 Å². The van der Waals surface area contributed by atoms with Crippen LogP contribution < -0.4 is 10.3 Å². The third kappa shape index (κ3) is 1.93. The Kier molecular flexibility index (Phi) is 2.69. The van der Waals surface area contributed by atoms with Gasteiger partial charge < -0.3 is 14.7 Å². The zero-order valence-corrected chi connectivity index (χ0v) is 11.8. The minimum Gasteiger partial charge on any atom is -0.497 e. The maximum absolute atomic E-state index is 11.8. The van der Waals surface area contributed by atoms with E-state index >= 15 is 0 Å². The lowest BCUT2D eigenvalue weighted by molar-refractivity contribution is 0.415. The summed E-state index contributed by atoms with van der Waals surface area (Å²) in [6.07, 6.45) is 1.40. The Labute approximate surface area is 124 Å². The Morgan fingerprint density at radius 2 is 1.91 bits per heavy atom. The average molecular weight is 292 g/mol. The van der Waals surface area contributed by atoms with Crippen LogP contribution in [-0.4, -0.2) is 27.0 Å². The van der Waals surface area contributed by atoms with E-state index in [1.807, 2.05) is 30.3 Å². The second-order valence-corrected chi connectivity index (χ2v) is 4.93. The van der Waals surface area contributed by atoms with Crippen molar-refractivity contribution in [2.45, 2.75) is 0 Å². The number of hydrogen-bond donors (Lipinski definition) is 2. The van der Waals surface area contributed by atoms with Gasteiger partial charge in [0.25, 0.3) is 5.56 Å². The largest absolute Gasteiger partial charge is 0.497 e. The molecule has 2 aromatic carbocycles. The van der Waals surface area contributed by atoms with Gasteiger partial charge in [0.2, 0.25) is 0 Å². The van der Waals surface area contributed by atoms with Gasteiger partial charge in [-0.2, -0.15) is 0 Å². The molecule has 0 amide bonds. The molecule has 0 spiro atoms. The fourth-order valence-electron chi connectivity index (χ4n) is 2.46. The van der Waals surface area contributed by atoms with Crippen LogP contribution in [0.1, 0.15) is 0 Å². The first kappa shape index (κ1) is 12.6. The summed E-state index contributed by atoms with van der Waals surface area (Å²) < 4.78 is 5.15. The molecule has 0 radical (unpaired) electrons. The number of methoxy groups -OCH3 is 1. The number of ether oxygens (including phenoxy) is 1. The fourth-order valence-corrected chi connectivity index (χ4v) is 2.46. The SMILES string of the molecule is COc1ccc(-c2nc3cc4nc[nH]c(=O)c4cc3[nH]2)cc1. The van der Waals surface area contributed by atoms with Gasteiger partial charge in [-0.3, -0.25) is 4.79 Å². The molecule has 6 heteroatoms. The zero-order chi connectivity index (χ0) is 15.1. The van der Waals surface area contributed by atoms with Gasteiger partial charge in [-0.1, -0.05) is 0 Å². The fraction of sp³-hybridized carbons (Fsp3) is 0.0625. The van der Waals surface area contributed by atoms with E-state index in [0.717, 1.165) is 28.2 Å². The van der Waals surface area contributed by atoms with Crippen LogP contribution in [0.5, 0.6) is 5.75 Å². The van der Waals surface area contributed by atoms with E-state index in [-0.39, 0.29) is 5.56 Å². The van der Waals surface area contributed by atoms with Gasteiger partial charge in [0.1, 0.15) is 11.6 Å². The third-order valence-corrected chi connectivity index (χ3v) is 3.61. The van der Waals surface area contributed by atoms with Crippen molar-refractivity contribution < 1.29 is 4.74 Å². The number of benzene rings is 2. The Balaban J connectivity index is 1.90. The first-order valence-corrected chi connectivity index (χ1v) is 6.76. The summed E-state index contributed by atoms with van der Waals surface area (Å²) in [5, 5.41) is 0.542. The summed E-state index contributed by atoms with van der Waals surface area (Å²) in [6.45, 7) is 0. The standard InChI is InChI=1S/C16H12N4O2/c1-22-10-4-2-9(3-5-10)15-19-13-6-11-12(7-14(13)20-15)17-8-18-16(11)21/h2-8H,1H3,(H,19,20)(H,17,18,21). The highest BCUT2D eigenvalue weighted by atomic mass is 16.5. The number of imidazole rings is 1. The molecule has 22 heavy (non-hydrogen) atoms. The zero-order valence-electron chi connectivity index (χ0n) is 11.8. The molecule has 0 aliphatic rings. The maximum Gasteiger partial charge on any atom is 0.258 e. The van der Waals surface area contributed by atoms with Crippen molar-refractivity contribution in [3.05, 3.63) is 53.1 Å². The molecule has 0 fully saturated rings. The minimum absolute atomic E-state index is 0.160. The number of aromatic amines is 2. The highest BCUT2D eigenvalue weighted by Crippen LogP contribution is 2.24. The van der Waals surface area contributed by atoms with Crippen LogP contribution in [0.2, 0.25) is 0 Å². The quantitative estimate of drug-likeness (QED) is 0.594. The first-order valence-electron chi connectivity index (χ1n) is 6.76. The van der Waals surface area contributed by atoms with Crippen LogP contribution in [0, 0.1) is 0 Å². The van der Waals surface area contributed by atoms with E-state index in [0.29, 0.717) is 10.9 Å². The Morgan fingerprint density at radius 3 is 2.68 bits per heavy atom. The summed E-state index contributed by atoms with van der Waals surface area (Å²) >= 11 is 0. The van der Waals surface area contributed by atoms with Crippen molar-refractivity contribution in [2.24, 2.45) is 0 Å². The summed E-state index contributed by atoms with van der Waals surface area (Å²) in [6, 6.07) is 11.2. The molecule has 0 aliphatic carbocycles. The molecule has 6 nitrogen and oxygen atoms in total. The van der Waals surface area contributed by atoms with Crippen molar-refractivity contribution in [3.8, 4) is 17.1 Å². The number of aromatic nitrogens is 4. The molecule has 0 unspecified atom stereocenters. The molecule has 0 aliphatic heterocycles. The average Bonchev–Trinajstić information content (AvgIpc) is 2.96. The van der Waals surface area contributed by atoms with E-state index in [2.05, 4.69) is 19.9 Å². The topological polar surface area (TPSA) is 83.7 Å². The van der Waals surface area contributed by atoms with Crippen molar-refractivity contribution >= 4 is 21.9 Å². The molecule has 0 saturated carbocycles. The van der Waals surface area contributed by atoms with Gasteiger partial charge in [-0.05, 0) is 36.4 Å². The monoisotopic (exact) mass is 292 g/mol. The normalized spacial score (nSPS) is 11.1. The van der Waals surface area contributed by atoms with Crippen molar-refractivity contribution in [1.29, 1.82) is 0 Å². The summed E-state index contributed by atoms with van der Waals surface area (Å²) in [4.78, 5) is 26.4. The highest BCUT2D eigenvalue weighted by Gasteiger charge is 2.08. The molecule has 0 saturated heterocycles. The van der Waals surface area contributed by atoms with Gasteiger partial charge in [0.05, 0.1) is 35.4 Å². The van der Waals surface area contributed by atoms with Crippen LogP contribution in [0.4, 0.5) is 0 Å². The van der Waals surface area contributed by atoms with E-state index in [1.165, 1.54) is 6.33 Å². The lowest BCUT2D eigenvalue weighted by atomic mass is 10.2. The van der Waals surface area contributed by atoms with Crippen LogP contribution in [0.25, 0.3) is 33.3 Å². The molecule has 108 valence electrons. The lowest BCUT2D eigenvalue weighted by Crippen LogP contribution is -2.05. The van der Waals surface area contributed by atoms with Crippen molar-refractivity contribution in [1.82, 2.24) is 19.9 Å². The summed E-state index contributed by atoms with van der Waals surface area (Å²) in [5.74, 6) is 1.53. The number of hydrogen-bond acceptors (Lipinski definition) is 4. The Bertz CT molecular complexity index is 1030. The number of nitrogens with zero attached hydrogens (tertiary/aromatic N) is 2. The van der Waals surface area contributed by atoms with E-state index < -0.39 is 0 Å². The minimum atomic E-state index is -0.160. The highest BCUT2D eigenvalue weighted by molar-refractivity contribution is 5.93. The number of H-pyrrole nitrogens is 2. The molecule has 2 N–H and O–H groups in total. The van der Waals surface area contributed by atoms with Crippen LogP contribution in [0.3, 0.4) is 0 Å². The Hall–Kier alpha value is -3.15. The number of fused-ring (bicyclic) bond motifs is 2. The molecule has 2 heterocycles. The number of rotatable bonds is 2. The third-order valence-electron chi connectivity index (χ3n) is 3.61. The van der Waals surface area contributed by atoms with Gasteiger partial charge in [-0.15, -0.1) is 0 Å². The molecular weight excluding hydrogens is 280 g/mol. The maximum atomic E-state index is 11.8. The molecule has 0 bridgehead atoms. The summed E-state index contributed by atoms with van der Waals surface area (Å²) in [5.41, 5.74) is 2.99. The lowest BCUT2D eigenvalue weighted by Gasteiger charge is -2.00. The molecule has 2 aromatic heterocycles.